The van der Waals surface area contributed by atoms with E-state index in [0.29, 0.717) is 12.8 Å². The van der Waals surface area contributed by atoms with Crippen LogP contribution in [0.2, 0.25) is 0 Å². The third kappa shape index (κ3) is 4.40. The van der Waals surface area contributed by atoms with Crippen molar-refractivity contribution < 1.29 is 14.7 Å². The Morgan fingerprint density at radius 3 is 2.26 bits per heavy atom. The predicted octanol–water partition coefficient (Wildman–Crippen LogP) is 2.51. The first kappa shape index (κ1) is 15.8. The van der Waals surface area contributed by atoms with Gasteiger partial charge in [-0.1, -0.05) is 26.2 Å². The number of hydrogen-bond donors (Lipinski definition) is 3. The summed E-state index contributed by atoms with van der Waals surface area (Å²) in [5.74, 6) is -0.790. The van der Waals surface area contributed by atoms with Gasteiger partial charge in [0, 0.05) is 12.1 Å². The summed E-state index contributed by atoms with van der Waals surface area (Å²) in [5, 5.41) is 15.0. The number of carbonyl (C=O) groups is 2. The van der Waals surface area contributed by atoms with E-state index in [4.69, 9.17) is 0 Å². The first-order valence-electron chi connectivity index (χ1n) is 7.11. The maximum atomic E-state index is 11.8. The number of amides is 2. The molecule has 0 spiro atoms. The van der Waals surface area contributed by atoms with E-state index in [9.17, 15) is 14.7 Å². The SMILES string of the molecule is CCC(C)(C)NC(=O)NCC1(C(=O)O)CCCCC1. The van der Waals surface area contributed by atoms with Crippen molar-refractivity contribution >= 4 is 12.0 Å². The molecule has 0 aliphatic heterocycles. The topological polar surface area (TPSA) is 78.4 Å². The molecule has 0 aromatic carbocycles. The molecule has 2 amide bonds. The van der Waals surface area contributed by atoms with Crippen molar-refractivity contribution in [2.75, 3.05) is 6.54 Å². The van der Waals surface area contributed by atoms with Crippen LogP contribution in [0.3, 0.4) is 0 Å². The summed E-state index contributed by atoms with van der Waals surface area (Å²) in [5.41, 5.74) is -1.04. The predicted molar refractivity (Wildman–Crippen MR) is 74.1 cm³/mol. The molecule has 0 saturated heterocycles. The van der Waals surface area contributed by atoms with Crippen LogP contribution in [0, 0.1) is 5.41 Å². The van der Waals surface area contributed by atoms with Crippen LogP contribution in [-0.4, -0.2) is 29.2 Å². The number of hydrogen-bond acceptors (Lipinski definition) is 2. The number of carboxylic acid groups (broad SMARTS) is 1. The Kier molecular flexibility index (Phi) is 5.20. The summed E-state index contributed by atoms with van der Waals surface area (Å²) < 4.78 is 0. The lowest BCUT2D eigenvalue weighted by Crippen LogP contribution is -2.52. The van der Waals surface area contributed by atoms with Crippen LogP contribution < -0.4 is 10.6 Å². The van der Waals surface area contributed by atoms with E-state index in [-0.39, 0.29) is 18.1 Å². The number of carbonyl (C=O) groups excluding carboxylic acids is 1. The van der Waals surface area contributed by atoms with Crippen LogP contribution in [0.5, 0.6) is 0 Å². The zero-order chi connectivity index (χ0) is 14.5. The largest absolute Gasteiger partial charge is 0.481 e. The van der Waals surface area contributed by atoms with Gasteiger partial charge in [0.05, 0.1) is 5.41 Å². The molecule has 5 nitrogen and oxygen atoms in total. The summed E-state index contributed by atoms with van der Waals surface area (Å²) in [4.78, 5) is 23.3. The molecule has 1 aliphatic carbocycles. The van der Waals surface area contributed by atoms with E-state index < -0.39 is 11.4 Å². The number of aliphatic carboxylic acids is 1. The Hall–Kier alpha value is -1.26. The monoisotopic (exact) mass is 270 g/mol. The van der Waals surface area contributed by atoms with Gasteiger partial charge in [0.2, 0.25) is 0 Å². The van der Waals surface area contributed by atoms with Gasteiger partial charge in [0.25, 0.3) is 0 Å². The number of rotatable bonds is 5. The fraction of sp³-hybridized carbons (Fsp3) is 0.857. The quantitative estimate of drug-likeness (QED) is 0.718. The lowest BCUT2D eigenvalue weighted by Gasteiger charge is -2.34. The van der Waals surface area contributed by atoms with Crippen molar-refractivity contribution in [3.8, 4) is 0 Å². The molecular weight excluding hydrogens is 244 g/mol. The van der Waals surface area contributed by atoms with Gasteiger partial charge in [-0.3, -0.25) is 4.79 Å². The van der Waals surface area contributed by atoms with E-state index in [0.717, 1.165) is 25.7 Å². The first-order valence-corrected chi connectivity index (χ1v) is 7.11. The number of carboxylic acids is 1. The van der Waals surface area contributed by atoms with Gasteiger partial charge in [0.15, 0.2) is 0 Å². The molecule has 0 bridgehead atoms. The second-order valence-corrected chi connectivity index (χ2v) is 6.19. The molecule has 5 heteroatoms. The highest BCUT2D eigenvalue weighted by Crippen LogP contribution is 2.35. The molecule has 0 unspecified atom stereocenters. The minimum absolute atomic E-state index is 0.216. The highest BCUT2D eigenvalue weighted by molar-refractivity contribution is 5.78. The Balaban J connectivity index is 2.53. The minimum Gasteiger partial charge on any atom is -0.481 e. The van der Waals surface area contributed by atoms with Gasteiger partial charge < -0.3 is 15.7 Å². The third-order valence-corrected chi connectivity index (χ3v) is 4.19. The van der Waals surface area contributed by atoms with Crippen molar-refractivity contribution in [1.82, 2.24) is 10.6 Å². The average Bonchev–Trinajstić information content (AvgIpc) is 2.37. The van der Waals surface area contributed by atoms with Gasteiger partial charge in [-0.2, -0.15) is 0 Å². The zero-order valence-electron chi connectivity index (χ0n) is 12.2. The lowest BCUT2D eigenvalue weighted by molar-refractivity contribution is -0.150. The second-order valence-electron chi connectivity index (χ2n) is 6.19. The fourth-order valence-electron chi connectivity index (χ4n) is 2.38. The summed E-state index contributed by atoms with van der Waals surface area (Å²) >= 11 is 0. The standard InChI is InChI=1S/C14H26N2O3/c1-4-13(2,3)16-12(19)15-10-14(11(17)18)8-6-5-7-9-14/h4-10H2,1-3H3,(H,17,18)(H2,15,16,19). The minimum atomic E-state index is -0.790. The van der Waals surface area contributed by atoms with Crippen molar-refractivity contribution in [3.63, 3.8) is 0 Å². The van der Waals surface area contributed by atoms with Crippen molar-refractivity contribution in [2.24, 2.45) is 5.41 Å². The first-order chi connectivity index (χ1) is 8.81. The highest BCUT2D eigenvalue weighted by atomic mass is 16.4. The van der Waals surface area contributed by atoms with Gasteiger partial charge in [-0.15, -0.1) is 0 Å². The summed E-state index contributed by atoms with van der Waals surface area (Å²) in [7, 11) is 0. The molecule has 1 aliphatic rings. The van der Waals surface area contributed by atoms with Crippen LogP contribution in [0.25, 0.3) is 0 Å². The molecule has 0 atom stereocenters. The maximum absolute atomic E-state index is 11.8. The van der Waals surface area contributed by atoms with Gasteiger partial charge >= 0.3 is 12.0 Å². The maximum Gasteiger partial charge on any atom is 0.315 e. The second kappa shape index (κ2) is 6.26. The molecule has 1 saturated carbocycles. The molecule has 1 fully saturated rings. The Bertz CT molecular complexity index is 334. The van der Waals surface area contributed by atoms with Gasteiger partial charge in [-0.25, -0.2) is 4.79 Å². The van der Waals surface area contributed by atoms with E-state index in [1.165, 1.54) is 0 Å². The fourth-order valence-corrected chi connectivity index (χ4v) is 2.38. The van der Waals surface area contributed by atoms with Gasteiger partial charge in [-0.05, 0) is 33.1 Å². The summed E-state index contributed by atoms with van der Waals surface area (Å²) in [6, 6.07) is -0.280. The van der Waals surface area contributed by atoms with Crippen molar-refractivity contribution in [3.05, 3.63) is 0 Å². The van der Waals surface area contributed by atoms with Crippen LogP contribution in [0.15, 0.2) is 0 Å². The molecule has 0 heterocycles. The lowest BCUT2D eigenvalue weighted by atomic mass is 9.74. The molecule has 110 valence electrons. The Morgan fingerprint density at radius 2 is 1.79 bits per heavy atom. The molecule has 1 rings (SSSR count). The molecular formula is C14H26N2O3. The normalized spacial score (nSPS) is 18.7. The van der Waals surface area contributed by atoms with Crippen molar-refractivity contribution in [2.45, 2.75) is 64.8 Å². The molecule has 3 N–H and O–H groups in total. The zero-order valence-corrected chi connectivity index (χ0v) is 12.2. The molecule has 0 radical (unpaired) electrons. The number of nitrogens with one attached hydrogen (secondary N) is 2. The van der Waals surface area contributed by atoms with E-state index in [1.807, 2.05) is 20.8 Å². The summed E-state index contributed by atoms with van der Waals surface area (Å²) in [6.07, 6.45) is 5.07. The highest BCUT2D eigenvalue weighted by Gasteiger charge is 2.39. The third-order valence-electron chi connectivity index (χ3n) is 4.19. The Labute approximate surface area is 115 Å². The van der Waals surface area contributed by atoms with Crippen LogP contribution in [0.4, 0.5) is 4.79 Å². The van der Waals surface area contributed by atoms with Crippen LogP contribution in [0.1, 0.15) is 59.3 Å². The van der Waals surface area contributed by atoms with E-state index in [1.54, 1.807) is 0 Å². The van der Waals surface area contributed by atoms with E-state index in [2.05, 4.69) is 10.6 Å². The van der Waals surface area contributed by atoms with E-state index >= 15 is 0 Å². The Morgan fingerprint density at radius 1 is 1.21 bits per heavy atom. The smallest absolute Gasteiger partial charge is 0.315 e. The van der Waals surface area contributed by atoms with Crippen molar-refractivity contribution in [1.29, 1.82) is 0 Å². The average molecular weight is 270 g/mol. The summed E-state index contributed by atoms with van der Waals surface area (Å²) in [6.45, 7) is 6.11. The molecule has 0 aromatic heterocycles. The van der Waals surface area contributed by atoms with Crippen LogP contribution in [-0.2, 0) is 4.79 Å². The van der Waals surface area contributed by atoms with Crippen LogP contribution >= 0.6 is 0 Å². The number of urea groups is 1. The molecule has 0 aromatic rings. The molecule has 19 heavy (non-hydrogen) atoms. The van der Waals surface area contributed by atoms with Gasteiger partial charge in [0.1, 0.15) is 0 Å².